The quantitative estimate of drug-likeness (QED) is 0.674. The van der Waals surface area contributed by atoms with Gasteiger partial charge in [-0.25, -0.2) is 0 Å². The average Bonchev–Trinajstić information content (AvgIpc) is 2.31. The third-order valence-electron chi connectivity index (χ3n) is 4.20. The molecule has 0 spiro atoms. The maximum absolute atomic E-state index is 12.0. The molecule has 2 heteroatoms. The fraction of sp³-hybridized carbons (Fsp3) is 0.933. The molecular weight excluding hydrogens is 212 g/mol. The van der Waals surface area contributed by atoms with Gasteiger partial charge in [0.2, 0.25) is 0 Å². The van der Waals surface area contributed by atoms with Crippen molar-refractivity contribution in [3.63, 3.8) is 0 Å². The topological polar surface area (TPSA) is 26.3 Å². The maximum Gasteiger partial charge on any atom is 0.309 e. The maximum atomic E-state index is 12.0. The molecule has 1 aliphatic rings. The minimum Gasteiger partial charge on any atom is -0.462 e. The van der Waals surface area contributed by atoms with Gasteiger partial charge in [-0.05, 0) is 43.9 Å². The second kappa shape index (κ2) is 7.03. The Morgan fingerprint density at radius 3 is 2.29 bits per heavy atom. The van der Waals surface area contributed by atoms with Gasteiger partial charge in [-0.15, -0.1) is 0 Å². The first-order valence-corrected chi connectivity index (χ1v) is 7.30. The number of carbonyl (C=O) groups is 1. The molecule has 0 N–H and O–H groups in total. The van der Waals surface area contributed by atoms with Crippen molar-refractivity contribution in [1.82, 2.24) is 0 Å². The highest BCUT2D eigenvalue weighted by molar-refractivity contribution is 5.72. The minimum atomic E-state index is 0.0348. The van der Waals surface area contributed by atoms with E-state index in [2.05, 4.69) is 27.7 Å². The van der Waals surface area contributed by atoms with Crippen LogP contribution in [0.25, 0.3) is 0 Å². The molecule has 0 radical (unpaired) electrons. The highest BCUT2D eigenvalue weighted by Gasteiger charge is 2.31. The zero-order valence-corrected chi connectivity index (χ0v) is 11.9. The summed E-state index contributed by atoms with van der Waals surface area (Å²) in [6, 6.07) is 0. The molecule has 0 aromatic rings. The van der Waals surface area contributed by atoms with Gasteiger partial charge in [-0.1, -0.05) is 34.1 Å². The van der Waals surface area contributed by atoms with Crippen molar-refractivity contribution in [1.29, 1.82) is 0 Å². The lowest BCUT2D eigenvalue weighted by atomic mass is 9.79. The van der Waals surface area contributed by atoms with E-state index in [0.717, 1.165) is 19.3 Å². The van der Waals surface area contributed by atoms with Crippen LogP contribution in [0.1, 0.15) is 66.2 Å². The van der Waals surface area contributed by atoms with Crippen LogP contribution in [0.3, 0.4) is 0 Å². The summed E-state index contributed by atoms with van der Waals surface area (Å²) in [5.41, 5.74) is 0. The zero-order valence-electron chi connectivity index (χ0n) is 11.9. The summed E-state index contributed by atoms with van der Waals surface area (Å²) in [7, 11) is 0. The Kier molecular flexibility index (Phi) is 6.01. The molecule has 1 fully saturated rings. The third-order valence-corrected chi connectivity index (χ3v) is 4.20. The second-order valence-corrected chi connectivity index (χ2v) is 5.68. The molecule has 0 unspecified atom stereocenters. The summed E-state index contributed by atoms with van der Waals surface area (Å²) in [6.45, 7) is 8.62. The Morgan fingerprint density at radius 2 is 1.76 bits per heavy atom. The van der Waals surface area contributed by atoms with E-state index in [1.807, 2.05) is 0 Å². The second-order valence-electron chi connectivity index (χ2n) is 5.68. The van der Waals surface area contributed by atoms with Gasteiger partial charge in [0.15, 0.2) is 0 Å². The number of hydrogen-bond acceptors (Lipinski definition) is 2. The van der Waals surface area contributed by atoms with Crippen molar-refractivity contribution in [2.75, 3.05) is 0 Å². The van der Waals surface area contributed by atoms with E-state index < -0.39 is 0 Å². The summed E-state index contributed by atoms with van der Waals surface area (Å²) in [5.74, 6) is 1.33. The van der Waals surface area contributed by atoms with Gasteiger partial charge >= 0.3 is 5.97 Å². The van der Waals surface area contributed by atoms with Crippen molar-refractivity contribution in [3.8, 4) is 0 Å². The smallest absolute Gasteiger partial charge is 0.309 e. The number of ether oxygens (including phenoxy) is 1. The van der Waals surface area contributed by atoms with Crippen LogP contribution >= 0.6 is 0 Å². The van der Waals surface area contributed by atoms with Crippen molar-refractivity contribution >= 4 is 5.97 Å². The Balaban J connectivity index is 2.55. The molecule has 1 saturated carbocycles. The predicted molar refractivity (Wildman–Crippen MR) is 70.7 cm³/mol. The first-order chi connectivity index (χ1) is 8.10. The van der Waals surface area contributed by atoms with Crippen molar-refractivity contribution in [2.24, 2.45) is 17.8 Å². The van der Waals surface area contributed by atoms with Crippen molar-refractivity contribution < 1.29 is 9.53 Å². The van der Waals surface area contributed by atoms with E-state index in [-0.39, 0.29) is 18.0 Å². The molecule has 2 atom stereocenters. The predicted octanol–water partition coefficient (Wildman–Crippen LogP) is 4.18. The van der Waals surface area contributed by atoms with E-state index in [0.29, 0.717) is 11.8 Å². The molecule has 1 aliphatic carbocycles. The molecular formula is C15H28O2. The lowest BCUT2D eigenvalue weighted by molar-refractivity contribution is -0.160. The first-order valence-electron chi connectivity index (χ1n) is 7.30. The SMILES string of the molecule is CCC(CC)C(=O)O[C@@H]1CCCC[C@H]1C(C)C. The molecule has 0 aromatic carbocycles. The molecule has 0 aromatic heterocycles. The summed E-state index contributed by atoms with van der Waals surface area (Å²) in [6.07, 6.45) is 6.76. The molecule has 100 valence electrons. The van der Waals surface area contributed by atoms with Crippen LogP contribution in [-0.4, -0.2) is 12.1 Å². The monoisotopic (exact) mass is 240 g/mol. The van der Waals surface area contributed by atoms with Gasteiger partial charge in [0.25, 0.3) is 0 Å². The largest absolute Gasteiger partial charge is 0.462 e. The molecule has 0 bridgehead atoms. The van der Waals surface area contributed by atoms with E-state index in [4.69, 9.17) is 4.74 Å². The van der Waals surface area contributed by atoms with Gasteiger partial charge in [0.05, 0.1) is 5.92 Å². The van der Waals surface area contributed by atoms with Crippen molar-refractivity contribution in [3.05, 3.63) is 0 Å². The Morgan fingerprint density at radius 1 is 1.18 bits per heavy atom. The molecule has 0 heterocycles. The van der Waals surface area contributed by atoms with Crippen LogP contribution in [0.4, 0.5) is 0 Å². The zero-order chi connectivity index (χ0) is 12.8. The number of carbonyl (C=O) groups excluding carboxylic acids is 1. The van der Waals surface area contributed by atoms with E-state index in [1.54, 1.807) is 0 Å². The van der Waals surface area contributed by atoms with E-state index in [1.165, 1.54) is 19.3 Å². The highest BCUT2D eigenvalue weighted by Crippen LogP contribution is 2.33. The van der Waals surface area contributed by atoms with Crippen LogP contribution < -0.4 is 0 Å². The Hall–Kier alpha value is -0.530. The van der Waals surface area contributed by atoms with Crippen LogP contribution in [-0.2, 0) is 9.53 Å². The fourth-order valence-electron chi connectivity index (χ4n) is 2.90. The molecule has 0 aliphatic heterocycles. The van der Waals surface area contributed by atoms with Crippen LogP contribution in [0.15, 0.2) is 0 Å². The van der Waals surface area contributed by atoms with Gasteiger partial charge < -0.3 is 4.74 Å². The molecule has 0 amide bonds. The molecule has 17 heavy (non-hydrogen) atoms. The molecule has 1 rings (SSSR count). The number of esters is 1. The average molecular weight is 240 g/mol. The van der Waals surface area contributed by atoms with Crippen LogP contribution in [0.2, 0.25) is 0 Å². The highest BCUT2D eigenvalue weighted by atomic mass is 16.5. The van der Waals surface area contributed by atoms with Gasteiger partial charge in [-0.2, -0.15) is 0 Å². The van der Waals surface area contributed by atoms with Crippen molar-refractivity contribution in [2.45, 2.75) is 72.3 Å². The first kappa shape index (κ1) is 14.5. The van der Waals surface area contributed by atoms with E-state index in [9.17, 15) is 4.79 Å². The summed E-state index contributed by atoms with van der Waals surface area (Å²) < 4.78 is 5.77. The number of rotatable bonds is 5. The lowest BCUT2D eigenvalue weighted by Crippen LogP contribution is -2.35. The summed E-state index contributed by atoms with van der Waals surface area (Å²) in [5, 5.41) is 0. The summed E-state index contributed by atoms with van der Waals surface area (Å²) in [4.78, 5) is 12.0. The third kappa shape index (κ3) is 4.01. The van der Waals surface area contributed by atoms with Gasteiger partial charge in [0, 0.05) is 0 Å². The minimum absolute atomic E-state index is 0.0348. The number of hydrogen-bond donors (Lipinski definition) is 0. The summed E-state index contributed by atoms with van der Waals surface area (Å²) >= 11 is 0. The standard InChI is InChI=1S/C15H28O2/c1-5-12(6-2)15(16)17-14-10-8-7-9-13(14)11(3)4/h11-14H,5-10H2,1-4H3/t13-,14+/m0/s1. The van der Waals surface area contributed by atoms with Crippen LogP contribution in [0.5, 0.6) is 0 Å². The fourth-order valence-corrected chi connectivity index (χ4v) is 2.90. The van der Waals surface area contributed by atoms with Gasteiger partial charge in [-0.3, -0.25) is 4.79 Å². The molecule has 0 saturated heterocycles. The molecule has 2 nitrogen and oxygen atoms in total. The Bertz CT molecular complexity index is 231. The van der Waals surface area contributed by atoms with Crippen LogP contribution in [0, 0.1) is 17.8 Å². The van der Waals surface area contributed by atoms with Gasteiger partial charge in [0.1, 0.15) is 6.10 Å². The normalized spacial score (nSPS) is 25.3. The van der Waals surface area contributed by atoms with E-state index >= 15 is 0 Å². The lowest BCUT2D eigenvalue weighted by Gasteiger charge is -2.34. The Labute approximate surface area is 106 Å².